The number of amides is 2. The van der Waals surface area contributed by atoms with E-state index in [-0.39, 0.29) is 48.9 Å². The maximum Gasteiger partial charge on any atom is 0.227 e. The number of ether oxygens (including phenoxy) is 3. The quantitative estimate of drug-likeness (QED) is 0.521. The molecule has 3 heterocycles. The number of aliphatic hydroxyl groups is 1. The van der Waals surface area contributed by atoms with E-state index in [1.165, 1.54) is 5.56 Å². The monoisotopic (exact) mass is 494 g/mol. The SMILES string of the molecule is O=C(C[C@@H]1C[C@H]2c3cc(NC(=O)C4CCOCC4)ccc3O[C@H]2[C@@H](CO)O1)NCCc1ccccc1. The normalized spacial score (nSPS) is 25.4. The first-order valence-electron chi connectivity index (χ1n) is 12.9. The van der Waals surface area contributed by atoms with Crippen molar-refractivity contribution in [1.29, 1.82) is 0 Å². The number of carbonyl (C=O) groups excluding carboxylic acids is 2. The highest BCUT2D eigenvalue weighted by atomic mass is 16.6. The van der Waals surface area contributed by atoms with Crippen molar-refractivity contribution >= 4 is 17.5 Å². The van der Waals surface area contributed by atoms with Gasteiger partial charge in [-0.3, -0.25) is 9.59 Å². The Kier molecular flexibility index (Phi) is 7.84. The van der Waals surface area contributed by atoms with Gasteiger partial charge in [0.05, 0.1) is 19.1 Å². The van der Waals surface area contributed by atoms with Gasteiger partial charge in [0, 0.05) is 42.8 Å². The summed E-state index contributed by atoms with van der Waals surface area (Å²) in [4.78, 5) is 25.3. The molecule has 192 valence electrons. The molecule has 0 radical (unpaired) electrons. The highest BCUT2D eigenvalue weighted by Gasteiger charge is 2.46. The first-order chi connectivity index (χ1) is 17.6. The minimum atomic E-state index is -0.515. The Morgan fingerprint density at radius 3 is 2.64 bits per heavy atom. The summed E-state index contributed by atoms with van der Waals surface area (Å²) in [6.45, 7) is 1.61. The van der Waals surface area contributed by atoms with Crippen LogP contribution in [0.5, 0.6) is 5.75 Å². The second kappa shape index (κ2) is 11.4. The van der Waals surface area contributed by atoms with Crippen molar-refractivity contribution in [1.82, 2.24) is 5.32 Å². The molecule has 0 aliphatic carbocycles. The van der Waals surface area contributed by atoms with E-state index in [1.54, 1.807) is 0 Å². The molecule has 8 heteroatoms. The second-order valence-corrected chi connectivity index (χ2v) is 9.82. The van der Waals surface area contributed by atoms with Crippen LogP contribution in [0, 0.1) is 5.92 Å². The molecule has 2 aromatic carbocycles. The third kappa shape index (κ3) is 5.72. The van der Waals surface area contributed by atoms with E-state index in [2.05, 4.69) is 10.6 Å². The second-order valence-electron chi connectivity index (χ2n) is 9.82. The van der Waals surface area contributed by atoms with Crippen LogP contribution in [0.3, 0.4) is 0 Å². The zero-order valence-electron chi connectivity index (χ0n) is 20.4. The van der Waals surface area contributed by atoms with Gasteiger partial charge in [-0.25, -0.2) is 0 Å². The maximum atomic E-state index is 12.7. The third-order valence-corrected chi connectivity index (χ3v) is 7.35. The summed E-state index contributed by atoms with van der Waals surface area (Å²) in [5.74, 6) is 0.626. The van der Waals surface area contributed by atoms with Crippen molar-refractivity contribution < 1.29 is 28.9 Å². The van der Waals surface area contributed by atoms with E-state index in [1.807, 2.05) is 48.5 Å². The van der Waals surface area contributed by atoms with Crippen molar-refractivity contribution in [2.75, 3.05) is 31.7 Å². The number of fused-ring (bicyclic) bond motifs is 3. The summed E-state index contributed by atoms with van der Waals surface area (Å²) < 4.78 is 17.6. The first kappa shape index (κ1) is 24.7. The van der Waals surface area contributed by atoms with Crippen molar-refractivity contribution in [2.45, 2.75) is 56.3 Å². The van der Waals surface area contributed by atoms with Gasteiger partial charge in [0.2, 0.25) is 11.8 Å². The standard InChI is InChI=1S/C28H34N2O6/c31-17-25-27-23(15-21(35-25)16-26(32)29-11-8-18-4-2-1-3-5-18)22-14-20(6-7-24(22)36-27)30-28(33)19-9-12-34-13-10-19/h1-7,14,19,21,23,25,27,31H,8-13,15-17H2,(H,29,32)(H,30,33)/t21-,23-,25+,27+/m0/s1. The fraction of sp³-hybridized carbons (Fsp3) is 0.500. The van der Waals surface area contributed by atoms with Gasteiger partial charge in [-0.15, -0.1) is 0 Å². The van der Waals surface area contributed by atoms with E-state index in [0.717, 1.165) is 36.3 Å². The molecule has 3 N–H and O–H groups in total. The fourth-order valence-electron chi connectivity index (χ4n) is 5.44. The van der Waals surface area contributed by atoms with Gasteiger partial charge < -0.3 is 30.0 Å². The number of anilines is 1. The highest BCUT2D eigenvalue weighted by Crippen LogP contribution is 2.47. The van der Waals surface area contributed by atoms with Crippen LogP contribution in [0.2, 0.25) is 0 Å². The summed E-state index contributed by atoms with van der Waals surface area (Å²) in [5, 5.41) is 16.0. The lowest BCUT2D eigenvalue weighted by Crippen LogP contribution is -2.47. The highest BCUT2D eigenvalue weighted by molar-refractivity contribution is 5.92. The largest absolute Gasteiger partial charge is 0.487 e. The van der Waals surface area contributed by atoms with Crippen LogP contribution in [0.4, 0.5) is 5.69 Å². The lowest BCUT2D eigenvalue weighted by atomic mass is 9.84. The van der Waals surface area contributed by atoms with E-state index in [9.17, 15) is 14.7 Å². The maximum absolute atomic E-state index is 12.7. The summed E-state index contributed by atoms with van der Waals surface area (Å²) in [5.41, 5.74) is 2.90. The first-order valence-corrected chi connectivity index (χ1v) is 12.9. The molecule has 0 spiro atoms. The van der Waals surface area contributed by atoms with Crippen LogP contribution >= 0.6 is 0 Å². The Morgan fingerprint density at radius 2 is 1.86 bits per heavy atom. The lowest BCUT2D eigenvalue weighted by molar-refractivity contribution is -0.142. The van der Waals surface area contributed by atoms with Crippen LogP contribution in [-0.4, -0.2) is 61.6 Å². The van der Waals surface area contributed by atoms with Gasteiger partial charge in [-0.1, -0.05) is 30.3 Å². The molecule has 3 aliphatic rings. The fourth-order valence-corrected chi connectivity index (χ4v) is 5.44. The number of rotatable bonds is 8. The van der Waals surface area contributed by atoms with Crippen LogP contribution in [0.25, 0.3) is 0 Å². The number of carbonyl (C=O) groups is 2. The van der Waals surface area contributed by atoms with Gasteiger partial charge in [0.1, 0.15) is 18.0 Å². The Hall–Kier alpha value is -2.94. The Morgan fingerprint density at radius 1 is 1.06 bits per heavy atom. The molecular formula is C28H34N2O6. The zero-order valence-corrected chi connectivity index (χ0v) is 20.4. The molecular weight excluding hydrogens is 460 g/mol. The third-order valence-electron chi connectivity index (χ3n) is 7.35. The van der Waals surface area contributed by atoms with E-state index >= 15 is 0 Å². The Bertz CT molecular complexity index is 1060. The van der Waals surface area contributed by atoms with E-state index in [4.69, 9.17) is 14.2 Å². The molecule has 2 saturated heterocycles. The molecule has 2 fully saturated rings. The topological polar surface area (TPSA) is 106 Å². The van der Waals surface area contributed by atoms with Gasteiger partial charge in [-0.2, -0.15) is 0 Å². The van der Waals surface area contributed by atoms with Gasteiger partial charge in [0.15, 0.2) is 0 Å². The molecule has 36 heavy (non-hydrogen) atoms. The predicted octanol–water partition coefficient (Wildman–Crippen LogP) is 2.80. The van der Waals surface area contributed by atoms with E-state index in [0.29, 0.717) is 26.2 Å². The number of hydrogen-bond donors (Lipinski definition) is 3. The summed E-state index contributed by atoms with van der Waals surface area (Å²) >= 11 is 0. The molecule has 2 aromatic rings. The van der Waals surface area contributed by atoms with Crippen molar-refractivity contribution in [2.24, 2.45) is 5.92 Å². The minimum absolute atomic E-state index is 0.0129. The smallest absolute Gasteiger partial charge is 0.227 e. The number of hydrogen-bond acceptors (Lipinski definition) is 6. The molecule has 8 nitrogen and oxygen atoms in total. The average molecular weight is 495 g/mol. The van der Waals surface area contributed by atoms with Gasteiger partial charge >= 0.3 is 0 Å². The van der Waals surface area contributed by atoms with Crippen LogP contribution in [-0.2, 0) is 25.5 Å². The predicted molar refractivity (Wildman–Crippen MR) is 134 cm³/mol. The van der Waals surface area contributed by atoms with Crippen LogP contribution in [0.15, 0.2) is 48.5 Å². The molecule has 3 aliphatic heterocycles. The van der Waals surface area contributed by atoms with Crippen molar-refractivity contribution in [3.63, 3.8) is 0 Å². The molecule has 0 aromatic heterocycles. The van der Waals surface area contributed by atoms with Crippen molar-refractivity contribution in [3.8, 4) is 5.75 Å². The summed E-state index contributed by atoms with van der Waals surface area (Å²) in [6.07, 6.45) is 1.91. The number of benzene rings is 2. The molecule has 0 saturated carbocycles. The molecule has 0 bridgehead atoms. The Labute approximate surface area is 211 Å². The molecule has 0 unspecified atom stereocenters. The summed E-state index contributed by atoms with van der Waals surface area (Å²) in [6, 6.07) is 15.7. The van der Waals surface area contributed by atoms with Gasteiger partial charge in [0.25, 0.3) is 0 Å². The van der Waals surface area contributed by atoms with Gasteiger partial charge in [-0.05, 0) is 49.4 Å². The van der Waals surface area contributed by atoms with Crippen LogP contribution < -0.4 is 15.4 Å². The van der Waals surface area contributed by atoms with E-state index < -0.39 is 6.10 Å². The number of nitrogens with one attached hydrogen (secondary N) is 2. The van der Waals surface area contributed by atoms with Crippen molar-refractivity contribution in [3.05, 3.63) is 59.7 Å². The minimum Gasteiger partial charge on any atom is -0.487 e. The molecule has 4 atom stereocenters. The lowest BCUT2D eigenvalue weighted by Gasteiger charge is -2.37. The molecule has 5 rings (SSSR count). The zero-order chi connectivity index (χ0) is 24.9. The summed E-state index contributed by atoms with van der Waals surface area (Å²) in [7, 11) is 0. The Balaban J connectivity index is 1.20. The average Bonchev–Trinajstić information content (AvgIpc) is 3.27. The molecule has 2 amide bonds. The van der Waals surface area contributed by atoms with Crippen LogP contribution in [0.1, 0.15) is 42.7 Å². The number of aliphatic hydroxyl groups excluding tert-OH is 1.